The lowest BCUT2D eigenvalue weighted by molar-refractivity contribution is -0.0392. The average molecular weight is 325 g/mol. The number of fused-ring (bicyclic) bond motifs is 1. The van der Waals surface area contributed by atoms with E-state index in [0.29, 0.717) is 17.8 Å². The third-order valence-electron chi connectivity index (χ3n) is 4.72. The summed E-state index contributed by atoms with van der Waals surface area (Å²) in [6.45, 7) is 6.85. The molecule has 104 valence electrons. The van der Waals surface area contributed by atoms with Crippen molar-refractivity contribution in [3.8, 4) is 5.75 Å². The van der Waals surface area contributed by atoms with Crippen molar-refractivity contribution in [3.63, 3.8) is 0 Å². The van der Waals surface area contributed by atoms with Crippen LogP contribution in [0.3, 0.4) is 0 Å². The molecule has 1 fully saturated rings. The number of benzene rings is 1. The Balaban J connectivity index is 1.99. The minimum atomic E-state index is -0.419. The molecule has 19 heavy (non-hydrogen) atoms. The van der Waals surface area contributed by atoms with Crippen molar-refractivity contribution in [3.05, 3.63) is 28.2 Å². The maximum Gasteiger partial charge on any atom is 0.126 e. The van der Waals surface area contributed by atoms with Crippen LogP contribution in [0.15, 0.2) is 22.7 Å². The molecule has 2 unspecified atom stereocenters. The molecule has 1 aromatic carbocycles. The molecule has 0 radical (unpaired) electrons. The summed E-state index contributed by atoms with van der Waals surface area (Å²) in [5.41, 5.74) is 1.02. The Morgan fingerprint density at radius 3 is 2.68 bits per heavy atom. The third kappa shape index (κ3) is 2.21. The number of ether oxygens (including phenoxy) is 1. The Morgan fingerprint density at radius 2 is 2.05 bits per heavy atom. The Kier molecular flexibility index (Phi) is 2.99. The fourth-order valence-electron chi connectivity index (χ4n) is 4.05. The molecule has 3 heteroatoms. The van der Waals surface area contributed by atoms with Gasteiger partial charge in [-0.25, -0.2) is 0 Å². The van der Waals surface area contributed by atoms with Gasteiger partial charge in [0, 0.05) is 16.5 Å². The zero-order valence-electron chi connectivity index (χ0n) is 11.7. The van der Waals surface area contributed by atoms with Crippen molar-refractivity contribution < 1.29 is 9.84 Å². The number of aliphatic hydroxyl groups is 1. The summed E-state index contributed by atoms with van der Waals surface area (Å²) in [7, 11) is 0. The number of hydrogen-bond acceptors (Lipinski definition) is 2. The first-order chi connectivity index (χ1) is 8.81. The van der Waals surface area contributed by atoms with E-state index in [1.807, 2.05) is 18.2 Å². The van der Waals surface area contributed by atoms with Crippen molar-refractivity contribution in [1.82, 2.24) is 0 Å². The summed E-state index contributed by atoms with van der Waals surface area (Å²) in [5.74, 6) is 1.33. The molecule has 1 aliphatic carbocycles. The van der Waals surface area contributed by atoms with Crippen LogP contribution in [-0.2, 0) is 0 Å². The Labute approximate surface area is 123 Å². The van der Waals surface area contributed by atoms with Gasteiger partial charge in [0.05, 0.1) is 6.10 Å². The molecule has 0 amide bonds. The van der Waals surface area contributed by atoms with Crippen LogP contribution in [-0.4, -0.2) is 10.7 Å². The number of halogens is 1. The lowest BCUT2D eigenvalue weighted by Gasteiger charge is -2.41. The fourth-order valence-corrected chi connectivity index (χ4v) is 4.43. The van der Waals surface area contributed by atoms with Gasteiger partial charge in [-0.1, -0.05) is 36.7 Å². The van der Waals surface area contributed by atoms with E-state index in [-0.39, 0.29) is 5.60 Å². The first kappa shape index (κ1) is 13.4. The second kappa shape index (κ2) is 4.23. The van der Waals surface area contributed by atoms with Gasteiger partial charge in [-0.15, -0.1) is 0 Å². The van der Waals surface area contributed by atoms with Crippen LogP contribution < -0.4 is 4.74 Å². The van der Waals surface area contributed by atoms with Crippen LogP contribution in [0.4, 0.5) is 0 Å². The molecular weight excluding hydrogens is 304 g/mol. The summed E-state index contributed by atoms with van der Waals surface area (Å²) in [5, 5.41) is 10.5. The SMILES string of the molecule is CC1CC(C)(C)CC12C[C@@H](O)c1cc(Br)ccc1O2. The van der Waals surface area contributed by atoms with E-state index in [1.165, 1.54) is 0 Å². The zero-order chi connectivity index (χ0) is 13.8. The molecule has 1 N–H and O–H groups in total. The summed E-state index contributed by atoms with van der Waals surface area (Å²) in [4.78, 5) is 0. The van der Waals surface area contributed by atoms with Crippen molar-refractivity contribution in [2.24, 2.45) is 11.3 Å². The summed E-state index contributed by atoms with van der Waals surface area (Å²) < 4.78 is 7.36. The fraction of sp³-hybridized carbons (Fsp3) is 0.625. The van der Waals surface area contributed by atoms with Crippen LogP contribution in [0.5, 0.6) is 5.75 Å². The topological polar surface area (TPSA) is 29.5 Å². The molecule has 0 bridgehead atoms. The van der Waals surface area contributed by atoms with Gasteiger partial charge in [-0.05, 0) is 42.4 Å². The van der Waals surface area contributed by atoms with Crippen LogP contribution in [0, 0.1) is 11.3 Å². The maximum absolute atomic E-state index is 10.5. The monoisotopic (exact) mass is 324 g/mol. The second-order valence-corrected chi connectivity index (χ2v) is 7.93. The highest BCUT2D eigenvalue weighted by atomic mass is 79.9. The van der Waals surface area contributed by atoms with E-state index < -0.39 is 6.10 Å². The molecule has 1 aromatic rings. The molecule has 2 nitrogen and oxygen atoms in total. The highest BCUT2D eigenvalue weighted by molar-refractivity contribution is 9.10. The predicted octanol–water partition coefficient (Wildman–Crippen LogP) is 4.46. The predicted molar refractivity (Wildman–Crippen MR) is 79.3 cm³/mol. The number of hydrogen-bond donors (Lipinski definition) is 1. The summed E-state index contributed by atoms with van der Waals surface area (Å²) in [6.07, 6.45) is 2.47. The third-order valence-corrected chi connectivity index (χ3v) is 5.21. The lowest BCUT2D eigenvalue weighted by atomic mass is 9.81. The van der Waals surface area contributed by atoms with Gasteiger partial charge in [0.2, 0.25) is 0 Å². The molecule has 3 rings (SSSR count). The molecular formula is C16H21BrO2. The molecule has 1 saturated carbocycles. The van der Waals surface area contributed by atoms with E-state index in [1.54, 1.807) is 0 Å². The minimum Gasteiger partial charge on any atom is -0.486 e. The maximum atomic E-state index is 10.5. The molecule has 1 spiro atoms. The van der Waals surface area contributed by atoms with Gasteiger partial charge in [0.15, 0.2) is 0 Å². The molecule has 1 aliphatic heterocycles. The molecule has 0 saturated heterocycles. The van der Waals surface area contributed by atoms with Crippen molar-refractivity contribution in [2.45, 2.75) is 51.7 Å². The summed E-state index contributed by atoms with van der Waals surface area (Å²) in [6, 6.07) is 5.93. The zero-order valence-corrected chi connectivity index (χ0v) is 13.3. The Hall–Kier alpha value is -0.540. The van der Waals surface area contributed by atoms with E-state index in [9.17, 15) is 5.11 Å². The Bertz CT molecular complexity index is 511. The number of aliphatic hydroxyl groups excluding tert-OH is 1. The van der Waals surface area contributed by atoms with Crippen molar-refractivity contribution in [2.75, 3.05) is 0 Å². The highest BCUT2D eigenvalue weighted by Crippen LogP contribution is 2.55. The average Bonchev–Trinajstić information content (AvgIpc) is 2.49. The highest BCUT2D eigenvalue weighted by Gasteiger charge is 2.53. The van der Waals surface area contributed by atoms with Crippen molar-refractivity contribution >= 4 is 15.9 Å². The normalized spacial score (nSPS) is 36.1. The smallest absolute Gasteiger partial charge is 0.126 e. The van der Waals surface area contributed by atoms with Gasteiger partial charge in [-0.3, -0.25) is 0 Å². The summed E-state index contributed by atoms with van der Waals surface area (Å²) >= 11 is 3.46. The molecule has 0 aromatic heterocycles. The number of rotatable bonds is 0. The van der Waals surface area contributed by atoms with Gasteiger partial charge in [-0.2, -0.15) is 0 Å². The molecule has 3 atom stereocenters. The van der Waals surface area contributed by atoms with Crippen molar-refractivity contribution in [1.29, 1.82) is 0 Å². The Morgan fingerprint density at radius 1 is 1.32 bits per heavy atom. The lowest BCUT2D eigenvalue weighted by Crippen LogP contribution is -2.43. The second-order valence-electron chi connectivity index (χ2n) is 7.02. The van der Waals surface area contributed by atoms with Gasteiger partial charge in [0.25, 0.3) is 0 Å². The van der Waals surface area contributed by atoms with Gasteiger partial charge < -0.3 is 9.84 Å². The quantitative estimate of drug-likeness (QED) is 0.763. The van der Waals surface area contributed by atoms with E-state index in [2.05, 4.69) is 36.7 Å². The molecule has 2 aliphatic rings. The van der Waals surface area contributed by atoms with Crippen LogP contribution in [0.1, 0.15) is 51.7 Å². The van der Waals surface area contributed by atoms with Crippen LogP contribution >= 0.6 is 15.9 Å². The largest absolute Gasteiger partial charge is 0.486 e. The van der Waals surface area contributed by atoms with Gasteiger partial charge >= 0.3 is 0 Å². The standard InChI is InChI=1S/C16H21BrO2/c1-10-7-15(2,3)9-16(10)8-13(18)12-6-11(17)4-5-14(12)19-16/h4-6,10,13,18H,7-9H2,1-3H3/t10?,13-,16?/m1/s1. The molecule has 1 heterocycles. The first-order valence-corrected chi connectivity index (χ1v) is 7.77. The van der Waals surface area contributed by atoms with E-state index in [4.69, 9.17) is 4.74 Å². The van der Waals surface area contributed by atoms with Crippen LogP contribution in [0.2, 0.25) is 0 Å². The van der Waals surface area contributed by atoms with E-state index in [0.717, 1.165) is 28.6 Å². The van der Waals surface area contributed by atoms with E-state index >= 15 is 0 Å². The van der Waals surface area contributed by atoms with Gasteiger partial charge in [0.1, 0.15) is 11.4 Å². The van der Waals surface area contributed by atoms with Crippen LogP contribution in [0.25, 0.3) is 0 Å². The first-order valence-electron chi connectivity index (χ1n) is 6.98. The minimum absolute atomic E-state index is 0.191.